The lowest BCUT2D eigenvalue weighted by Gasteiger charge is -2.28. The van der Waals surface area contributed by atoms with Crippen molar-refractivity contribution in [2.24, 2.45) is 0 Å². The Labute approximate surface area is 163 Å². The monoisotopic (exact) mass is 370 g/mol. The number of thiazole rings is 1. The van der Waals surface area contributed by atoms with Crippen molar-refractivity contribution in [2.45, 2.75) is 19.3 Å². The normalized spacial score (nSPS) is 15.2. The molecule has 27 heavy (non-hydrogen) atoms. The largest absolute Gasteiger partial charge is 0.372 e. The Bertz CT molecular complexity index is 1100. The molecule has 3 aromatic carbocycles. The van der Waals surface area contributed by atoms with E-state index in [0.717, 1.165) is 10.5 Å². The van der Waals surface area contributed by atoms with Crippen molar-refractivity contribution in [1.82, 2.24) is 4.98 Å². The van der Waals surface area contributed by atoms with E-state index < -0.39 is 0 Å². The van der Waals surface area contributed by atoms with Crippen molar-refractivity contribution in [1.29, 1.82) is 0 Å². The number of fused-ring (bicyclic) bond motifs is 3. The molecule has 1 aliphatic heterocycles. The van der Waals surface area contributed by atoms with Crippen LogP contribution in [0.1, 0.15) is 29.8 Å². The molecular weight excluding hydrogens is 348 g/mol. The molecule has 2 nitrogen and oxygen atoms in total. The molecule has 5 rings (SSSR count). The standard InChI is InChI=1S/C24H22N2S/c1-4-16-26(17-5-1)20-12-8-18(9-13-20)10-15-23-25-24-21-7-3-2-6-19(21)11-14-22(24)27-23/h2-3,6-15H,1,4-5,16-17H2/b15-10+. The second kappa shape index (κ2) is 7.16. The van der Waals surface area contributed by atoms with Gasteiger partial charge in [-0.2, -0.15) is 0 Å². The fraction of sp³-hybridized carbons (Fsp3) is 0.208. The van der Waals surface area contributed by atoms with Crippen molar-refractivity contribution in [3.63, 3.8) is 0 Å². The molecule has 1 aliphatic rings. The summed E-state index contributed by atoms with van der Waals surface area (Å²) < 4.78 is 1.24. The number of hydrogen-bond donors (Lipinski definition) is 0. The minimum Gasteiger partial charge on any atom is -0.372 e. The summed E-state index contributed by atoms with van der Waals surface area (Å²) in [5.74, 6) is 0. The van der Waals surface area contributed by atoms with Gasteiger partial charge >= 0.3 is 0 Å². The van der Waals surface area contributed by atoms with E-state index in [-0.39, 0.29) is 0 Å². The molecule has 1 aromatic heterocycles. The van der Waals surface area contributed by atoms with E-state index in [0.29, 0.717) is 0 Å². The van der Waals surface area contributed by atoms with Crippen LogP contribution in [0.2, 0.25) is 0 Å². The number of benzene rings is 3. The summed E-state index contributed by atoms with van der Waals surface area (Å²) in [5.41, 5.74) is 3.68. The smallest absolute Gasteiger partial charge is 0.117 e. The van der Waals surface area contributed by atoms with Gasteiger partial charge in [0.2, 0.25) is 0 Å². The highest BCUT2D eigenvalue weighted by molar-refractivity contribution is 7.19. The van der Waals surface area contributed by atoms with Crippen LogP contribution in [0.3, 0.4) is 0 Å². The van der Waals surface area contributed by atoms with Crippen LogP contribution in [0.5, 0.6) is 0 Å². The summed E-state index contributed by atoms with van der Waals surface area (Å²) in [5, 5.41) is 3.54. The molecule has 1 fully saturated rings. The fourth-order valence-electron chi connectivity index (χ4n) is 3.87. The van der Waals surface area contributed by atoms with Crippen molar-refractivity contribution >= 4 is 50.2 Å². The minimum atomic E-state index is 1.06. The topological polar surface area (TPSA) is 16.1 Å². The van der Waals surface area contributed by atoms with Crippen molar-refractivity contribution in [3.05, 3.63) is 71.2 Å². The van der Waals surface area contributed by atoms with Crippen molar-refractivity contribution < 1.29 is 0 Å². The quantitative estimate of drug-likeness (QED) is 0.403. The first kappa shape index (κ1) is 16.5. The van der Waals surface area contributed by atoms with Gasteiger partial charge in [0.1, 0.15) is 5.01 Å². The summed E-state index contributed by atoms with van der Waals surface area (Å²) in [7, 11) is 0. The van der Waals surface area contributed by atoms with Gasteiger partial charge in [0.25, 0.3) is 0 Å². The molecule has 0 N–H and O–H groups in total. The molecule has 0 unspecified atom stereocenters. The minimum absolute atomic E-state index is 1.06. The van der Waals surface area contributed by atoms with Crippen molar-refractivity contribution in [3.8, 4) is 0 Å². The number of piperidine rings is 1. The molecule has 0 saturated carbocycles. The Hall–Kier alpha value is -2.65. The maximum Gasteiger partial charge on any atom is 0.117 e. The van der Waals surface area contributed by atoms with Gasteiger partial charge in [0, 0.05) is 24.2 Å². The highest BCUT2D eigenvalue weighted by atomic mass is 32.1. The van der Waals surface area contributed by atoms with Gasteiger partial charge in [0.05, 0.1) is 10.2 Å². The van der Waals surface area contributed by atoms with Crippen LogP contribution in [-0.2, 0) is 0 Å². The molecule has 0 bridgehead atoms. The average molecular weight is 371 g/mol. The summed E-state index contributed by atoms with van der Waals surface area (Å²) >= 11 is 1.75. The van der Waals surface area contributed by atoms with E-state index in [2.05, 4.69) is 77.7 Å². The predicted octanol–water partition coefficient (Wildman–Crippen LogP) is 6.61. The van der Waals surface area contributed by atoms with Gasteiger partial charge in [-0.05, 0) is 54.5 Å². The Morgan fingerprint density at radius 3 is 2.48 bits per heavy atom. The number of rotatable bonds is 3. The van der Waals surface area contributed by atoms with Gasteiger partial charge in [-0.25, -0.2) is 4.98 Å². The zero-order valence-corrected chi connectivity index (χ0v) is 16.1. The SMILES string of the molecule is C(=C\c1nc2c(ccc3ccccc32)s1)/c1ccc(N2CCCCC2)cc1. The number of aromatic nitrogens is 1. The lowest BCUT2D eigenvalue weighted by molar-refractivity contribution is 0.578. The summed E-state index contributed by atoms with van der Waals surface area (Å²) in [6.45, 7) is 2.38. The molecule has 0 aliphatic carbocycles. The van der Waals surface area contributed by atoms with E-state index in [1.807, 2.05) is 0 Å². The Kier molecular flexibility index (Phi) is 4.38. The Morgan fingerprint density at radius 2 is 1.63 bits per heavy atom. The van der Waals surface area contributed by atoms with Gasteiger partial charge in [0.15, 0.2) is 0 Å². The van der Waals surface area contributed by atoms with Gasteiger partial charge in [-0.15, -0.1) is 11.3 Å². The summed E-state index contributed by atoms with van der Waals surface area (Å²) in [6, 6.07) is 21.7. The van der Waals surface area contributed by atoms with Gasteiger partial charge < -0.3 is 4.90 Å². The number of hydrogen-bond acceptors (Lipinski definition) is 3. The molecule has 0 radical (unpaired) electrons. The van der Waals surface area contributed by atoms with Crippen LogP contribution in [0.15, 0.2) is 60.7 Å². The Morgan fingerprint density at radius 1 is 0.815 bits per heavy atom. The molecule has 0 amide bonds. The Balaban J connectivity index is 1.39. The van der Waals surface area contributed by atoms with Gasteiger partial charge in [-0.3, -0.25) is 0 Å². The molecule has 3 heteroatoms. The van der Waals surface area contributed by atoms with E-state index >= 15 is 0 Å². The fourth-order valence-corrected chi connectivity index (χ4v) is 4.75. The first-order valence-corrected chi connectivity index (χ1v) is 10.5. The van der Waals surface area contributed by atoms with E-state index in [9.17, 15) is 0 Å². The molecule has 0 atom stereocenters. The van der Waals surface area contributed by atoms with Crippen LogP contribution in [0, 0.1) is 0 Å². The molecule has 1 saturated heterocycles. The first-order valence-electron chi connectivity index (χ1n) is 9.68. The third-order valence-corrected chi connectivity index (χ3v) is 6.32. The molecule has 2 heterocycles. The van der Waals surface area contributed by atoms with Crippen LogP contribution in [-0.4, -0.2) is 18.1 Å². The molecular formula is C24H22N2S. The maximum absolute atomic E-state index is 4.87. The van der Waals surface area contributed by atoms with E-state index in [4.69, 9.17) is 4.98 Å². The first-order chi connectivity index (χ1) is 13.4. The molecule has 0 spiro atoms. The third kappa shape index (κ3) is 3.35. The second-order valence-electron chi connectivity index (χ2n) is 7.16. The molecule has 4 aromatic rings. The van der Waals surface area contributed by atoms with E-state index in [1.165, 1.54) is 59.1 Å². The maximum atomic E-state index is 4.87. The number of anilines is 1. The predicted molar refractivity (Wildman–Crippen MR) is 119 cm³/mol. The zero-order chi connectivity index (χ0) is 18.1. The van der Waals surface area contributed by atoms with Crippen molar-refractivity contribution in [2.75, 3.05) is 18.0 Å². The van der Waals surface area contributed by atoms with Gasteiger partial charge in [-0.1, -0.05) is 48.5 Å². The van der Waals surface area contributed by atoms with Crippen LogP contribution >= 0.6 is 11.3 Å². The highest BCUT2D eigenvalue weighted by Gasteiger charge is 2.10. The second-order valence-corrected chi connectivity index (χ2v) is 8.22. The lowest BCUT2D eigenvalue weighted by Crippen LogP contribution is -2.29. The lowest BCUT2D eigenvalue weighted by atomic mass is 10.1. The van der Waals surface area contributed by atoms with Crippen LogP contribution < -0.4 is 4.90 Å². The van der Waals surface area contributed by atoms with Crippen LogP contribution in [0.4, 0.5) is 5.69 Å². The van der Waals surface area contributed by atoms with Crippen LogP contribution in [0.25, 0.3) is 33.1 Å². The number of nitrogens with zero attached hydrogens (tertiary/aromatic N) is 2. The van der Waals surface area contributed by atoms with E-state index in [1.54, 1.807) is 11.3 Å². The highest BCUT2D eigenvalue weighted by Crippen LogP contribution is 2.30. The summed E-state index contributed by atoms with van der Waals surface area (Å²) in [6.07, 6.45) is 8.30. The third-order valence-electron chi connectivity index (χ3n) is 5.33. The zero-order valence-electron chi connectivity index (χ0n) is 15.3. The molecule has 134 valence electrons. The average Bonchev–Trinajstić information content (AvgIpc) is 3.17. The summed E-state index contributed by atoms with van der Waals surface area (Å²) in [4.78, 5) is 7.37.